The van der Waals surface area contributed by atoms with Gasteiger partial charge < -0.3 is 14.8 Å². The molecule has 0 radical (unpaired) electrons. The van der Waals surface area contributed by atoms with Gasteiger partial charge in [0.05, 0.1) is 14.2 Å². The van der Waals surface area contributed by atoms with Crippen LogP contribution in [-0.2, 0) is 6.54 Å². The average Bonchev–Trinajstić information content (AvgIpc) is 3.28. The van der Waals surface area contributed by atoms with Crippen molar-refractivity contribution in [2.75, 3.05) is 20.5 Å². The number of nitrogens with one attached hydrogen (secondary N) is 1. The molecule has 1 aliphatic rings. The molecular weight excluding hydrogens is 258 g/mol. The number of rotatable bonds is 7. The molecule has 0 spiro atoms. The Morgan fingerprint density at radius 1 is 1.26 bits per heavy atom. The lowest BCUT2D eigenvalue weighted by Crippen LogP contribution is -2.27. The molecule has 2 rings (SSSR count). The van der Waals surface area contributed by atoms with Crippen molar-refractivity contribution in [2.24, 2.45) is 5.92 Å². The molecule has 1 aromatic rings. The van der Waals surface area contributed by atoms with Crippen molar-refractivity contribution in [3.05, 3.63) is 17.7 Å². The molecule has 1 saturated carbocycles. The molecule has 1 fully saturated rings. The number of hydrogen-bond donors (Lipinski definition) is 1. The molecule has 0 heterocycles. The third kappa shape index (κ3) is 3.57. The monoisotopic (exact) mass is 281 g/mol. The van der Waals surface area contributed by atoms with Crippen LogP contribution < -0.4 is 14.8 Å². The highest BCUT2D eigenvalue weighted by atomic mass is 32.2. The van der Waals surface area contributed by atoms with Gasteiger partial charge in [0.1, 0.15) is 0 Å². The molecule has 0 amide bonds. The largest absolute Gasteiger partial charge is 0.493 e. The second kappa shape index (κ2) is 6.53. The first-order valence-electron chi connectivity index (χ1n) is 6.71. The lowest BCUT2D eigenvalue weighted by molar-refractivity contribution is 0.353. The fraction of sp³-hybridized carbons (Fsp3) is 0.600. The van der Waals surface area contributed by atoms with Crippen LogP contribution in [0.1, 0.15) is 25.3 Å². The zero-order chi connectivity index (χ0) is 13.8. The quantitative estimate of drug-likeness (QED) is 0.777. The highest BCUT2D eigenvalue weighted by Crippen LogP contribution is 2.35. The van der Waals surface area contributed by atoms with Crippen molar-refractivity contribution in [2.45, 2.75) is 37.2 Å². The SMILES string of the molecule is COc1cc(CNC(C)C2CC2)c(SC)cc1OC. The zero-order valence-electron chi connectivity index (χ0n) is 12.2. The molecule has 1 atom stereocenters. The molecule has 0 bridgehead atoms. The third-order valence-electron chi connectivity index (χ3n) is 3.73. The molecule has 0 saturated heterocycles. The number of benzene rings is 1. The van der Waals surface area contributed by atoms with E-state index in [-0.39, 0.29) is 0 Å². The Morgan fingerprint density at radius 2 is 1.89 bits per heavy atom. The summed E-state index contributed by atoms with van der Waals surface area (Å²) in [7, 11) is 3.36. The Labute approximate surface area is 120 Å². The van der Waals surface area contributed by atoms with Gasteiger partial charge in [-0.15, -0.1) is 11.8 Å². The van der Waals surface area contributed by atoms with E-state index in [9.17, 15) is 0 Å². The maximum Gasteiger partial charge on any atom is 0.161 e. The molecule has 0 aromatic heterocycles. The summed E-state index contributed by atoms with van der Waals surface area (Å²) in [5, 5.41) is 3.61. The zero-order valence-corrected chi connectivity index (χ0v) is 13.0. The van der Waals surface area contributed by atoms with E-state index in [2.05, 4.69) is 30.6 Å². The smallest absolute Gasteiger partial charge is 0.161 e. The van der Waals surface area contributed by atoms with Crippen molar-refractivity contribution in [1.82, 2.24) is 5.32 Å². The normalized spacial score (nSPS) is 16.2. The Balaban J connectivity index is 2.12. The number of ether oxygens (including phenoxy) is 2. The number of hydrogen-bond acceptors (Lipinski definition) is 4. The number of methoxy groups -OCH3 is 2. The predicted octanol–water partition coefficient (Wildman–Crippen LogP) is 3.31. The van der Waals surface area contributed by atoms with Gasteiger partial charge in [-0.05, 0) is 49.6 Å². The van der Waals surface area contributed by atoms with E-state index in [4.69, 9.17) is 9.47 Å². The van der Waals surface area contributed by atoms with Crippen LogP contribution in [0.15, 0.2) is 17.0 Å². The summed E-state index contributed by atoms with van der Waals surface area (Å²) < 4.78 is 10.7. The molecule has 19 heavy (non-hydrogen) atoms. The molecule has 4 heteroatoms. The lowest BCUT2D eigenvalue weighted by atomic mass is 10.1. The van der Waals surface area contributed by atoms with Crippen LogP contribution in [0.2, 0.25) is 0 Å². The van der Waals surface area contributed by atoms with Gasteiger partial charge >= 0.3 is 0 Å². The van der Waals surface area contributed by atoms with E-state index >= 15 is 0 Å². The Bertz CT molecular complexity index is 432. The van der Waals surface area contributed by atoms with E-state index in [1.165, 1.54) is 23.3 Å². The molecule has 0 aliphatic heterocycles. The van der Waals surface area contributed by atoms with Crippen LogP contribution in [0.5, 0.6) is 11.5 Å². The van der Waals surface area contributed by atoms with Crippen LogP contribution >= 0.6 is 11.8 Å². The predicted molar refractivity (Wildman–Crippen MR) is 80.4 cm³/mol. The van der Waals surface area contributed by atoms with Crippen molar-refractivity contribution < 1.29 is 9.47 Å². The van der Waals surface area contributed by atoms with Crippen molar-refractivity contribution in [3.8, 4) is 11.5 Å². The molecule has 1 aromatic carbocycles. The Kier molecular flexibility index (Phi) is 4.99. The fourth-order valence-corrected chi connectivity index (χ4v) is 2.88. The molecular formula is C15H23NO2S. The first-order valence-corrected chi connectivity index (χ1v) is 7.94. The first-order chi connectivity index (χ1) is 9.19. The van der Waals surface area contributed by atoms with E-state index in [1.807, 2.05) is 0 Å². The summed E-state index contributed by atoms with van der Waals surface area (Å²) in [5.74, 6) is 2.47. The van der Waals surface area contributed by atoms with Gasteiger partial charge in [0.2, 0.25) is 0 Å². The summed E-state index contributed by atoms with van der Waals surface area (Å²) in [5.41, 5.74) is 1.28. The minimum atomic E-state index is 0.600. The average molecular weight is 281 g/mol. The van der Waals surface area contributed by atoms with Gasteiger partial charge in [-0.2, -0.15) is 0 Å². The van der Waals surface area contributed by atoms with Gasteiger partial charge in [0.15, 0.2) is 11.5 Å². The highest BCUT2D eigenvalue weighted by Gasteiger charge is 2.27. The summed E-state index contributed by atoms with van der Waals surface area (Å²) in [6.07, 6.45) is 4.83. The molecule has 106 valence electrons. The molecule has 3 nitrogen and oxygen atoms in total. The van der Waals surface area contributed by atoms with E-state index in [1.54, 1.807) is 26.0 Å². The van der Waals surface area contributed by atoms with E-state index in [0.717, 1.165) is 24.0 Å². The van der Waals surface area contributed by atoms with Crippen molar-refractivity contribution in [3.63, 3.8) is 0 Å². The van der Waals surface area contributed by atoms with Crippen LogP contribution in [0.4, 0.5) is 0 Å². The van der Waals surface area contributed by atoms with E-state index in [0.29, 0.717) is 6.04 Å². The standard InChI is InChI=1S/C15H23NO2S/c1-10(11-5-6-11)16-9-12-7-13(17-2)14(18-3)8-15(12)19-4/h7-8,10-11,16H,5-6,9H2,1-4H3. The minimum absolute atomic E-state index is 0.600. The highest BCUT2D eigenvalue weighted by molar-refractivity contribution is 7.98. The van der Waals surface area contributed by atoms with Gasteiger partial charge in [-0.3, -0.25) is 0 Å². The molecule has 1 unspecified atom stereocenters. The second-order valence-corrected chi connectivity index (χ2v) is 5.87. The van der Waals surface area contributed by atoms with Crippen molar-refractivity contribution in [1.29, 1.82) is 0 Å². The fourth-order valence-electron chi connectivity index (χ4n) is 2.26. The van der Waals surface area contributed by atoms with Crippen LogP contribution in [0, 0.1) is 5.92 Å². The van der Waals surface area contributed by atoms with Crippen LogP contribution in [0.25, 0.3) is 0 Å². The number of thioether (sulfide) groups is 1. The van der Waals surface area contributed by atoms with Gasteiger partial charge in [0, 0.05) is 17.5 Å². The second-order valence-electron chi connectivity index (χ2n) is 5.03. The molecule has 1 aliphatic carbocycles. The molecule has 1 N–H and O–H groups in total. The summed E-state index contributed by atoms with van der Waals surface area (Å²) in [4.78, 5) is 1.24. The lowest BCUT2D eigenvalue weighted by Gasteiger charge is -2.17. The van der Waals surface area contributed by atoms with Crippen molar-refractivity contribution >= 4 is 11.8 Å². The first kappa shape index (κ1) is 14.5. The van der Waals surface area contributed by atoms with Gasteiger partial charge in [0.25, 0.3) is 0 Å². The summed E-state index contributed by atoms with van der Waals surface area (Å²) >= 11 is 1.74. The topological polar surface area (TPSA) is 30.5 Å². The Hall–Kier alpha value is -0.870. The van der Waals surface area contributed by atoms with Gasteiger partial charge in [-0.25, -0.2) is 0 Å². The summed E-state index contributed by atoms with van der Waals surface area (Å²) in [6.45, 7) is 3.16. The minimum Gasteiger partial charge on any atom is -0.493 e. The maximum absolute atomic E-state index is 5.38. The van der Waals surface area contributed by atoms with Gasteiger partial charge in [-0.1, -0.05) is 0 Å². The van der Waals surface area contributed by atoms with Crippen LogP contribution in [0.3, 0.4) is 0 Å². The third-order valence-corrected chi connectivity index (χ3v) is 4.55. The summed E-state index contributed by atoms with van der Waals surface area (Å²) in [6, 6.07) is 4.74. The van der Waals surface area contributed by atoms with E-state index < -0.39 is 0 Å². The maximum atomic E-state index is 5.38. The van der Waals surface area contributed by atoms with Crippen LogP contribution in [-0.4, -0.2) is 26.5 Å². The Morgan fingerprint density at radius 3 is 2.42 bits per heavy atom.